The molecule has 2 aliphatic rings. The summed E-state index contributed by atoms with van der Waals surface area (Å²) >= 11 is 0. The van der Waals surface area contributed by atoms with Gasteiger partial charge >= 0.3 is 11.9 Å². The van der Waals surface area contributed by atoms with Crippen LogP contribution >= 0.6 is 0 Å². The highest BCUT2D eigenvalue weighted by atomic mass is 16.7. The van der Waals surface area contributed by atoms with Crippen molar-refractivity contribution in [2.75, 3.05) is 24.6 Å². The van der Waals surface area contributed by atoms with Crippen molar-refractivity contribution >= 4 is 23.7 Å². The summed E-state index contributed by atoms with van der Waals surface area (Å²) in [6.45, 7) is 5.13. The molecule has 2 aliphatic heterocycles. The van der Waals surface area contributed by atoms with Crippen molar-refractivity contribution in [2.24, 2.45) is 5.92 Å². The zero-order valence-corrected chi connectivity index (χ0v) is 14.5. The molecule has 2 fully saturated rings. The van der Waals surface area contributed by atoms with Crippen LogP contribution in [0.3, 0.4) is 0 Å². The first kappa shape index (κ1) is 17.5. The van der Waals surface area contributed by atoms with Gasteiger partial charge in [-0.25, -0.2) is 9.59 Å². The van der Waals surface area contributed by atoms with Crippen LogP contribution in [0.5, 0.6) is 0 Å². The minimum Gasteiger partial charge on any atom is -0.419 e. The molecule has 1 aromatic rings. The second-order valence-corrected chi connectivity index (χ2v) is 6.94. The number of hydrogen-bond acceptors (Lipinski definition) is 6. The molecular formula is C19H23NO5. The van der Waals surface area contributed by atoms with Crippen LogP contribution in [0, 0.1) is 5.92 Å². The Hall–Kier alpha value is -2.34. The molecule has 0 atom stereocenters. The largest absolute Gasteiger partial charge is 0.419 e. The lowest BCUT2D eigenvalue weighted by molar-refractivity contribution is -0.222. The van der Waals surface area contributed by atoms with Gasteiger partial charge in [0.25, 0.3) is 5.79 Å². The van der Waals surface area contributed by atoms with E-state index in [9.17, 15) is 14.7 Å². The summed E-state index contributed by atoms with van der Waals surface area (Å²) in [6.07, 6.45) is 3.45. The van der Waals surface area contributed by atoms with E-state index in [1.165, 1.54) is 19.9 Å². The highest BCUT2D eigenvalue weighted by Crippen LogP contribution is 2.26. The van der Waals surface area contributed by atoms with Gasteiger partial charge in [0.15, 0.2) is 0 Å². The number of ether oxygens (including phenoxy) is 2. The van der Waals surface area contributed by atoms with Crippen molar-refractivity contribution in [1.82, 2.24) is 0 Å². The smallest absolute Gasteiger partial charge is 0.348 e. The number of anilines is 1. The number of aliphatic hydroxyl groups is 1. The first-order valence-corrected chi connectivity index (χ1v) is 8.52. The maximum absolute atomic E-state index is 12.0. The van der Waals surface area contributed by atoms with E-state index in [0.29, 0.717) is 5.92 Å². The van der Waals surface area contributed by atoms with Gasteiger partial charge in [-0.2, -0.15) is 0 Å². The lowest BCUT2D eigenvalue weighted by Crippen LogP contribution is -2.41. The molecule has 0 spiro atoms. The van der Waals surface area contributed by atoms with Gasteiger partial charge in [0.05, 0.1) is 0 Å². The van der Waals surface area contributed by atoms with Crippen molar-refractivity contribution < 1.29 is 24.2 Å². The number of rotatable bonds is 3. The number of carbonyl (C=O) groups excluding carboxylic acids is 2. The lowest BCUT2D eigenvalue weighted by Gasteiger charge is -2.33. The van der Waals surface area contributed by atoms with E-state index < -0.39 is 17.7 Å². The highest BCUT2D eigenvalue weighted by Gasteiger charge is 2.38. The molecule has 6 heteroatoms. The van der Waals surface area contributed by atoms with Crippen molar-refractivity contribution in [3.05, 3.63) is 35.4 Å². The maximum atomic E-state index is 12.0. The Morgan fingerprint density at radius 2 is 1.68 bits per heavy atom. The van der Waals surface area contributed by atoms with Crippen LogP contribution in [0.25, 0.3) is 6.08 Å². The molecule has 2 saturated heterocycles. The molecule has 25 heavy (non-hydrogen) atoms. The topological polar surface area (TPSA) is 76.1 Å². The van der Waals surface area contributed by atoms with E-state index in [1.54, 1.807) is 0 Å². The summed E-state index contributed by atoms with van der Waals surface area (Å²) in [4.78, 5) is 26.2. The van der Waals surface area contributed by atoms with Gasteiger partial charge < -0.3 is 19.5 Å². The molecule has 0 aliphatic carbocycles. The Bertz CT molecular complexity index is 662. The molecule has 134 valence electrons. The number of piperidine rings is 1. The number of carbonyl (C=O) groups is 2. The number of nitrogens with zero attached hydrogens (tertiary/aromatic N) is 1. The third kappa shape index (κ3) is 4.02. The number of esters is 2. The van der Waals surface area contributed by atoms with Crippen molar-refractivity contribution in [3.63, 3.8) is 0 Å². The van der Waals surface area contributed by atoms with Gasteiger partial charge in [-0.15, -0.1) is 0 Å². The summed E-state index contributed by atoms with van der Waals surface area (Å²) in [5.41, 5.74) is 1.72. The second-order valence-electron chi connectivity index (χ2n) is 6.94. The van der Waals surface area contributed by atoms with Crippen LogP contribution in [-0.4, -0.2) is 42.5 Å². The Balaban J connectivity index is 1.71. The van der Waals surface area contributed by atoms with Gasteiger partial charge in [-0.3, -0.25) is 0 Å². The Morgan fingerprint density at radius 1 is 1.12 bits per heavy atom. The highest BCUT2D eigenvalue weighted by molar-refractivity contribution is 6.18. The third-order valence-electron chi connectivity index (χ3n) is 4.56. The fraction of sp³-hybridized carbons (Fsp3) is 0.474. The zero-order chi connectivity index (χ0) is 18.0. The Morgan fingerprint density at radius 3 is 2.20 bits per heavy atom. The van der Waals surface area contributed by atoms with Crippen molar-refractivity contribution in [1.29, 1.82) is 0 Å². The van der Waals surface area contributed by atoms with E-state index in [0.717, 1.165) is 37.2 Å². The van der Waals surface area contributed by atoms with Gasteiger partial charge in [0, 0.05) is 39.2 Å². The molecule has 1 N–H and O–H groups in total. The summed E-state index contributed by atoms with van der Waals surface area (Å²) in [7, 11) is 0. The lowest BCUT2D eigenvalue weighted by atomic mass is 9.97. The van der Waals surface area contributed by atoms with E-state index in [-0.39, 0.29) is 12.2 Å². The number of hydrogen-bond donors (Lipinski definition) is 1. The fourth-order valence-electron chi connectivity index (χ4n) is 3.10. The molecule has 2 heterocycles. The summed E-state index contributed by atoms with van der Waals surface area (Å²) in [5.74, 6) is -2.17. The van der Waals surface area contributed by atoms with Crippen molar-refractivity contribution in [3.8, 4) is 0 Å². The average Bonchev–Trinajstić information content (AvgIpc) is 2.58. The van der Waals surface area contributed by atoms with Crippen LogP contribution in [0.15, 0.2) is 29.8 Å². The monoisotopic (exact) mass is 345 g/mol. The number of benzene rings is 1. The predicted octanol–water partition coefficient (Wildman–Crippen LogP) is 2.11. The summed E-state index contributed by atoms with van der Waals surface area (Å²) < 4.78 is 10.2. The molecule has 0 amide bonds. The molecule has 0 radical (unpaired) electrons. The SMILES string of the molecule is CC1(C)OC(=O)C(=Cc2ccc(N3CCC(CO)CC3)cc2)C(=O)O1. The van der Waals surface area contributed by atoms with E-state index in [2.05, 4.69) is 4.90 Å². The first-order valence-electron chi connectivity index (χ1n) is 8.52. The molecule has 1 aromatic carbocycles. The minimum atomic E-state index is -1.23. The summed E-state index contributed by atoms with van der Waals surface area (Å²) in [5, 5.41) is 9.21. The zero-order valence-electron chi connectivity index (χ0n) is 14.5. The van der Waals surface area contributed by atoms with Gasteiger partial charge in [0.1, 0.15) is 5.57 Å². The second kappa shape index (κ2) is 6.88. The van der Waals surface area contributed by atoms with E-state index in [1.807, 2.05) is 24.3 Å². The minimum absolute atomic E-state index is 0.101. The first-order chi connectivity index (χ1) is 11.9. The number of aliphatic hydroxyl groups excluding tert-OH is 1. The molecule has 0 aromatic heterocycles. The number of cyclic esters (lactones) is 2. The van der Waals surface area contributed by atoms with Crippen LogP contribution in [0.4, 0.5) is 5.69 Å². The van der Waals surface area contributed by atoms with Gasteiger partial charge in [0.2, 0.25) is 0 Å². The molecule has 3 rings (SSSR count). The Labute approximate surface area is 147 Å². The van der Waals surface area contributed by atoms with E-state index in [4.69, 9.17) is 9.47 Å². The molecular weight excluding hydrogens is 322 g/mol. The average molecular weight is 345 g/mol. The molecule has 0 saturated carbocycles. The quantitative estimate of drug-likeness (QED) is 0.514. The molecule has 0 unspecified atom stereocenters. The van der Waals surface area contributed by atoms with Crippen LogP contribution in [0.1, 0.15) is 32.3 Å². The van der Waals surface area contributed by atoms with Gasteiger partial charge in [-0.1, -0.05) is 12.1 Å². The summed E-state index contributed by atoms with van der Waals surface area (Å²) in [6, 6.07) is 7.66. The van der Waals surface area contributed by atoms with Crippen LogP contribution in [-0.2, 0) is 19.1 Å². The predicted molar refractivity (Wildman–Crippen MR) is 92.7 cm³/mol. The molecule has 0 bridgehead atoms. The maximum Gasteiger partial charge on any atom is 0.348 e. The fourth-order valence-corrected chi connectivity index (χ4v) is 3.10. The van der Waals surface area contributed by atoms with E-state index >= 15 is 0 Å². The van der Waals surface area contributed by atoms with Crippen LogP contribution in [0.2, 0.25) is 0 Å². The Kier molecular flexibility index (Phi) is 4.81. The molecule has 6 nitrogen and oxygen atoms in total. The van der Waals surface area contributed by atoms with Gasteiger partial charge in [-0.05, 0) is 42.5 Å². The standard InChI is InChI=1S/C19H23NO5/c1-19(2)24-17(22)16(18(23)25-19)11-13-3-5-15(6-4-13)20-9-7-14(12-21)8-10-20/h3-6,11,14,21H,7-10,12H2,1-2H3. The van der Waals surface area contributed by atoms with Crippen LogP contribution < -0.4 is 4.90 Å². The van der Waals surface area contributed by atoms with Crippen molar-refractivity contribution in [2.45, 2.75) is 32.5 Å². The third-order valence-corrected chi connectivity index (χ3v) is 4.56. The normalized spacial score (nSPS) is 20.9.